The number of nitrogens with zero attached hydrogens (tertiary/aromatic N) is 2. The molecule has 0 bridgehead atoms. The number of halogens is 1. The summed E-state index contributed by atoms with van der Waals surface area (Å²) < 4.78 is 14.7. The number of nitrogens with one attached hydrogen (secondary N) is 2. The molecule has 2 heterocycles. The van der Waals surface area contributed by atoms with Crippen LogP contribution in [-0.2, 0) is 9.59 Å². The molecule has 0 fully saturated rings. The lowest BCUT2D eigenvalue weighted by atomic mass is 10.0. The van der Waals surface area contributed by atoms with Crippen molar-refractivity contribution < 1.29 is 14.0 Å². The number of carbonyl (C=O) groups is 2. The molecule has 2 N–H and O–H groups in total. The Kier molecular flexibility index (Phi) is 4.88. The largest absolute Gasteiger partial charge is 0.326 e. The van der Waals surface area contributed by atoms with E-state index in [-0.39, 0.29) is 24.1 Å². The van der Waals surface area contributed by atoms with Crippen LogP contribution in [0.3, 0.4) is 0 Å². The van der Waals surface area contributed by atoms with Crippen LogP contribution in [-0.4, -0.2) is 21.6 Å². The van der Waals surface area contributed by atoms with Gasteiger partial charge in [-0.2, -0.15) is 5.10 Å². The molecule has 0 spiro atoms. The van der Waals surface area contributed by atoms with Gasteiger partial charge in [0.15, 0.2) is 0 Å². The zero-order valence-electron chi connectivity index (χ0n) is 16.1. The predicted octanol–water partition coefficient (Wildman–Crippen LogP) is 4.33. The Morgan fingerprint density at radius 1 is 1.17 bits per heavy atom. The summed E-state index contributed by atoms with van der Waals surface area (Å²) in [7, 11) is 0. The molecule has 1 unspecified atom stereocenters. The fraction of sp³-hybridized carbons (Fsp3) is 0.227. The second-order valence-electron chi connectivity index (χ2n) is 7.39. The SMILES string of the molecule is CC(C)c1ccc(NC(=O)CC2C(=O)Nc3c(-c4ccc(F)cc4)cnn32)cc1. The van der Waals surface area contributed by atoms with Crippen molar-refractivity contribution in [1.29, 1.82) is 0 Å². The van der Waals surface area contributed by atoms with E-state index < -0.39 is 6.04 Å². The lowest BCUT2D eigenvalue weighted by Crippen LogP contribution is -2.23. The van der Waals surface area contributed by atoms with Crippen LogP contribution in [0.25, 0.3) is 11.1 Å². The van der Waals surface area contributed by atoms with E-state index in [2.05, 4.69) is 29.6 Å². The monoisotopic (exact) mass is 392 g/mol. The first-order valence-corrected chi connectivity index (χ1v) is 9.46. The van der Waals surface area contributed by atoms with Crippen molar-refractivity contribution in [2.75, 3.05) is 10.6 Å². The third-order valence-corrected chi connectivity index (χ3v) is 5.03. The van der Waals surface area contributed by atoms with Crippen LogP contribution in [0.15, 0.2) is 54.7 Å². The smallest absolute Gasteiger partial charge is 0.251 e. The van der Waals surface area contributed by atoms with Crippen molar-refractivity contribution in [1.82, 2.24) is 9.78 Å². The lowest BCUT2D eigenvalue weighted by Gasteiger charge is -2.11. The fourth-order valence-electron chi connectivity index (χ4n) is 3.39. The zero-order chi connectivity index (χ0) is 20.5. The summed E-state index contributed by atoms with van der Waals surface area (Å²) in [6.07, 6.45) is 1.58. The van der Waals surface area contributed by atoms with E-state index in [4.69, 9.17) is 0 Å². The quantitative estimate of drug-likeness (QED) is 0.678. The number of fused-ring (bicyclic) bond motifs is 1. The summed E-state index contributed by atoms with van der Waals surface area (Å²) in [5.74, 6) is 0.0321. The molecular formula is C22H21FN4O2. The van der Waals surface area contributed by atoms with Gasteiger partial charge in [-0.05, 0) is 41.3 Å². The van der Waals surface area contributed by atoms with Crippen molar-refractivity contribution in [3.05, 3.63) is 66.1 Å². The molecule has 29 heavy (non-hydrogen) atoms. The highest BCUT2D eigenvalue weighted by Crippen LogP contribution is 2.35. The van der Waals surface area contributed by atoms with Crippen LogP contribution < -0.4 is 10.6 Å². The number of aromatic nitrogens is 2. The average Bonchev–Trinajstić information content (AvgIpc) is 3.22. The van der Waals surface area contributed by atoms with Crippen LogP contribution in [0.1, 0.15) is 37.8 Å². The molecule has 4 rings (SSSR count). The average molecular weight is 392 g/mol. The van der Waals surface area contributed by atoms with Crippen LogP contribution in [0, 0.1) is 5.82 Å². The summed E-state index contributed by atoms with van der Waals surface area (Å²) >= 11 is 0. The van der Waals surface area contributed by atoms with Gasteiger partial charge in [-0.1, -0.05) is 38.1 Å². The summed E-state index contributed by atoms with van der Waals surface area (Å²) in [5, 5.41) is 9.89. The first-order chi connectivity index (χ1) is 13.9. The topological polar surface area (TPSA) is 76.0 Å². The number of anilines is 2. The molecule has 1 aliphatic heterocycles. The van der Waals surface area contributed by atoms with Crippen molar-refractivity contribution in [3.63, 3.8) is 0 Å². The summed E-state index contributed by atoms with van der Waals surface area (Å²) in [6.45, 7) is 4.21. The molecule has 3 aromatic rings. The van der Waals surface area contributed by atoms with Gasteiger partial charge >= 0.3 is 0 Å². The van der Waals surface area contributed by atoms with Crippen LogP contribution in [0.2, 0.25) is 0 Å². The van der Waals surface area contributed by atoms with E-state index in [1.54, 1.807) is 18.3 Å². The maximum atomic E-state index is 13.2. The van der Waals surface area contributed by atoms with Gasteiger partial charge in [0.1, 0.15) is 17.7 Å². The Hall–Kier alpha value is -3.48. The number of hydrogen-bond acceptors (Lipinski definition) is 3. The first-order valence-electron chi connectivity index (χ1n) is 9.46. The molecule has 1 aromatic heterocycles. The Balaban J connectivity index is 1.48. The highest BCUT2D eigenvalue weighted by Gasteiger charge is 2.35. The Morgan fingerprint density at radius 2 is 1.86 bits per heavy atom. The van der Waals surface area contributed by atoms with Gasteiger partial charge in [0.05, 0.1) is 12.6 Å². The van der Waals surface area contributed by atoms with Crippen LogP contribution >= 0.6 is 0 Å². The third-order valence-electron chi connectivity index (χ3n) is 5.03. The molecule has 148 valence electrons. The van der Waals surface area contributed by atoms with E-state index >= 15 is 0 Å². The summed E-state index contributed by atoms with van der Waals surface area (Å²) in [6, 6.07) is 12.9. The molecule has 0 radical (unpaired) electrons. The van der Waals surface area contributed by atoms with Gasteiger partial charge in [-0.3, -0.25) is 9.59 Å². The van der Waals surface area contributed by atoms with Gasteiger partial charge in [-0.15, -0.1) is 0 Å². The maximum absolute atomic E-state index is 13.2. The van der Waals surface area contributed by atoms with Crippen molar-refractivity contribution in [2.45, 2.75) is 32.2 Å². The number of rotatable bonds is 5. The van der Waals surface area contributed by atoms with Crippen molar-refractivity contribution in [3.8, 4) is 11.1 Å². The minimum atomic E-state index is -0.728. The van der Waals surface area contributed by atoms with E-state index in [1.165, 1.54) is 22.4 Å². The second kappa shape index (κ2) is 7.50. The molecule has 7 heteroatoms. The van der Waals surface area contributed by atoms with Gasteiger partial charge in [0, 0.05) is 11.3 Å². The molecule has 0 aliphatic carbocycles. The van der Waals surface area contributed by atoms with Gasteiger partial charge in [-0.25, -0.2) is 9.07 Å². The van der Waals surface area contributed by atoms with E-state index in [9.17, 15) is 14.0 Å². The summed E-state index contributed by atoms with van der Waals surface area (Å²) in [4.78, 5) is 24.9. The number of benzene rings is 2. The Labute approximate surface area is 167 Å². The molecule has 2 amide bonds. The molecule has 2 aromatic carbocycles. The van der Waals surface area contributed by atoms with Crippen LogP contribution in [0.5, 0.6) is 0 Å². The molecular weight excluding hydrogens is 371 g/mol. The highest BCUT2D eigenvalue weighted by molar-refractivity contribution is 6.04. The fourth-order valence-corrected chi connectivity index (χ4v) is 3.39. The first kappa shape index (κ1) is 18.9. The number of hydrogen-bond donors (Lipinski definition) is 2. The highest BCUT2D eigenvalue weighted by atomic mass is 19.1. The van der Waals surface area contributed by atoms with Gasteiger partial charge < -0.3 is 10.6 Å². The minimum Gasteiger partial charge on any atom is -0.326 e. The molecule has 1 atom stereocenters. The molecule has 0 saturated heterocycles. The zero-order valence-corrected chi connectivity index (χ0v) is 16.1. The minimum absolute atomic E-state index is 0.0324. The van der Waals surface area contributed by atoms with E-state index in [0.717, 1.165) is 5.56 Å². The molecule has 1 aliphatic rings. The summed E-state index contributed by atoms with van der Waals surface area (Å²) in [5.41, 5.74) is 3.30. The number of amides is 2. The molecule has 0 saturated carbocycles. The predicted molar refractivity (Wildman–Crippen MR) is 109 cm³/mol. The second-order valence-corrected chi connectivity index (χ2v) is 7.39. The van der Waals surface area contributed by atoms with Crippen molar-refractivity contribution >= 4 is 23.3 Å². The Morgan fingerprint density at radius 3 is 2.52 bits per heavy atom. The standard InChI is InChI=1S/C22H21FN4O2/c1-13(2)14-5-9-17(10-6-14)25-20(28)11-19-22(29)26-21-18(12-24-27(19)21)15-3-7-16(23)8-4-15/h3-10,12-13,19H,11H2,1-2H3,(H,25,28)(H,26,29). The van der Waals surface area contributed by atoms with Crippen LogP contribution in [0.4, 0.5) is 15.9 Å². The van der Waals surface area contributed by atoms with Gasteiger partial charge in [0.2, 0.25) is 5.91 Å². The van der Waals surface area contributed by atoms with E-state index in [0.29, 0.717) is 23.0 Å². The third kappa shape index (κ3) is 3.76. The molecule has 6 nitrogen and oxygen atoms in total. The maximum Gasteiger partial charge on any atom is 0.251 e. The van der Waals surface area contributed by atoms with Gasteiger partial charge in [0.25, 0.3) is 5.91 Å². The van der Waals surface area contributed by atoms with E-state index in [1.807, 2.05) is 24.3 Å². The normalized spacial score (nSPS) is 15.3. The van der Waals surface area contributed by atoms with Crippen molar-refractivity contribution in [2.24, 2.45) is 0 Å². The Bertz CT molecular complexity index is 1060. The number of carbonyl (C=O) groups excluding carboxylic acids is 2. The lowest BCUT2D eigenvalue weighted by molar-refractivity contribution is -0.123.